The van der Waals surface area contributed by atoms with E-state index in [1.165, 1.54) is 13.2 Å². The van der Waals surface area contributed by atoms with E-state index in [0.29, 0.717) is 17.9 Å². The zero-order valence-corrected chi connectivity index (χ0v) is 12.6. The molecule has 6 nitrogen and oxygen atoms in total. The summed E-state index contributed by atoms with van der Waals surface area (Å²) in [6.45, 7) is 3.59. The van der Waals surface area contributed by atoms with Gasteiger partial charge in [0.25, 0.3) is 5.91 Å². The molecule has 22 heavy (non-hydrogen) atoms. The Bertz CT molecular complexity index is 717. The van der Waals surface area contributed by atoms with Gasteiger partial charge < -0.3 is 19.6 Å². The first kappa shape index (κ1) is 15.6. The second-order valence-electron chi connectivity index (χ2n) is 4.71. The number of carbonyl (C=O) groups excluding carboxylic acids is 1. The fraction of sp³-hybridized carbons (Fsp3) is 0.250. The van der Waals surface area contributed by atoms with Crippen LogP contribution in [0.15, 0.2) is 28.7 Å². The maximum Gasteiger partial charge on any atom is 0.339 e. The van der Waals surface area contributed by atoms with E-state index < -0.39 is 11.9 Å². The second-order valence-corrected chi connectivity index (χ2v) is 4.71. The number of aromatic carboxylic acids is 1. The predicted molar refractivity (Wildman–Crippen MR) is 80.7 cm³/mol. The number of hydrogen-bond donors (Lipinski definition) is 2. The van der Waals surface area contributed by atoms with Crippen molar-refractivity contribution in [2.75, 3.05) is 12.4 Å². The van der Waals surface area contributed by atoms with Gasteiger partial charge in [0.05, 0.1) is 12.8 Å². The van der Waals surface area contributed by atoms with E-state index >= 15 is 0 Å². The Morgan fingerprint density at radius 1 is 1.36 bits per heavy atom. The van der Waals surface area contributed by atoms with Crippen LogP contribution in [0.3, 0.4) is 0 Å². The fourth-order valence-electron chi connectivity index (χ4n) is 2.13. The van der Waals surface area contributed by atoms with E-state index in [-0.39, 0.29) is 17.1 Å². The Hall–Kier alpha value is -2.76. The number of para-hydroxylation sites is 1. The zero-order chi connectivity index (χ0) is 16.3. The van der Waals surface area contributed by atoms with Gasteiger partial charge in [0.1, 0.15) is 17.1 Å². The molecule has 1 amide bonds. The maximum absolute atomic E-state index is 12.3. The smallest absolute Gasteiger partial charge is 0.339 e. The molecule has 0 bridgehead atoms. The Morgan fingerprint density at radius 2 is 2.09 bits per heavy atom. The number of carbonyl (C=O) groups is 2. The lowest BCUT2D eigenvalue weighted by Gasteiger charge is -2.11. The summed E-state index contributed by atoms with van der Waals surface area (Å²) < 4.78 is 10.6. The first-order valence-electron chi connectivity index (χ1n) is 6.78. The molecular weight excluding hydrogens is 286 g/mol. The third-order valence-electron chi connectivity index (χ3n) is 3.28. The Morgan fingerprint density at radius 3 is 2.64 bits per heavy atom. The predicted octanol–water partition coefficient (Wildman–Crippen LogP) is 3.11. The highest BCUT2D eigenvalue weighted by Gasteiger charge is 2.21. The first-order valence-corrected chi connectivity index (χ1v) is 6.78. The summed E-state index contributed by atoms with van der Waals surface area (Å²) in [6, 6.07) is 6.61. The summed E-state index contributed by atoms with van der Waals surface area (Å²) in [4.78, 5) is 23.4. The Balaban J connectivity index is 2.32. The molecule has 1 heterocycles. The van der Waals surface area contributed by atoms with Gasteiger partial charge in [0, 0.05) is 12.5 Å². The van der Waals surface area contributed by atoms with Gasteiger partial charge in [-0.25, -0.2) is 4.79 Å². The largest absolute Gasteiger partial charge is 0.495 e. The van der Waals surface area contributed by atoms with Crippen molar-refractivity contribution in [3.8, 4) is 5.75 Å². The van der Waals surface area contributed by atoms with Gasteiger partial charge >= 0.3 is 5.97 Å². The minimum atomic E-state index is -1.12. The molecule has 0 saturated carbocycles. The number of nitrogens with one attached hydrogen (secondary N) is 1. The van der Waals surface area contributed by atoms with Crippen LogP contribution in [0, 0.1) is 6.92 Å². The van der Waals surface area contributed by atoms with Crippen molar-refractivity contribution < 1.29 is 23.8 Å². The SMILES string of the molecule is CCc1oc(C(=O)Nc2c(C)cccc2OC)cc1C(=O)O. The molecule has 2 rings (SSSR count). The first-order chi connectivity index (χ1) is 10.5. The number of amides is 1. The number of benzene rings is 1. The van der Waals surface area contributed by atoms with Gasteiger partial charge in [-0.2, -0.15) is 0 Å². The lowest BCUT2D eigenvalue weighted by molar-refractivity contribution is 0.0694. The number of anilines is 1. The zero-order valence-electron chi connectivity index (χ0n) is 12.6. The van der Waals surface area contributed by atoms with E-state index in [4.69, 9.17) is 14.3 Å². The molecule has 1 aromatic carbocycles. The number of aryl methyl sites for hydroxylation is 2. The van der Waals surface area contributed by atoms with Gasteiger partial charge in [-0.05, 0) is 18.6 Å². The van der Waals surface area contributed by atoms with Crippen LogP contribution < -0.4 is 10.1 Å². The number of carboxylic acids is 1. The lowest BCUT2D eigenvalue weighted by atomic mass is 10.1. The average Bonchev–Trinajstić information content (AvgIpc) is 2.93. The van der Waals surface area contributed by atoms with Crippen molar-refractivity contribution in [2.45, 2.75) is 20.3 Å². The molecule has 6 heteroatoms. The van der Waals surface area contributed by atoms with Crippen molar-refractivity contribution in [1.29, 1.82) is 0 Å². The van der Waals surface area contributed by atoms with E-state index in [1.807, 2.05) is 19.1 Å². The number of carboxylic acid groups (broad SMARTS) is 1. The summed E-state index contributed by atoms with van der Waals surface area (Å²) in [6.07, 6.45) is 0.391. The van der Waals surface area contributed by atoms with Gasteiger partial charge in [-0.1, -0.05) is 19.1 Å². The van der Waals surface area contributed by atoms with Crippen LogP contribution in [0.4, 0.5) is 5.69 Å². The molecule has 116 valence electrons. The van der Waals surface area contributed by atoms with Gasteiger partial charge in [0.2, 0.25) is 0 Å². The molecule has 0 spiro atoms. The number of rotatable bonds is 5. The standard InChI is InChI=1S/C16H17NO5/c1-4-11-10(16(19)20)8-13(22-11)15(18)17-14-9(2)6-5-7-12(14)21-3/h5-8H,4H2,1-3H3,(H,17,18)(H,19,20). The normalized spacial score (nSPS) is 10.3. The van der Waals surface area contributed by atoms with Crippen LogP contribution in [0.25, 0.3) is 0 Å². The molecule has 0 aliphatic rings. The molecule has 0 saturated heterocycles. The third-order valence-corrected chi connectivity index (χ3v) is 3.28. The molecule has 0 fully saturated rings. The fourth-order valence-corrected chi connectivity index (χ4v) is 2.13. The minimum absolute atomic E-state index is 0.00407. The Kier molecular flexibility index (Phi) is 4.50. The molecule has 0 radical (unpaired) electrons. The van der Waals surface area contributed by atoms with Crippen molar-refractivity contribution in [3.05, 3.63) is 46.9 Å². The maximum atomic E-state index is 12.3. The van der Waals surface area contributed by atoms with Crippen molar-refractivity contribution in [1.82, 2.24) is 0 Å². The summed E-state index contributed by atoms with van der Waals surface area (Å²) in [5.41, 5.74) is 1.36. The second kappa shape index (κ2) is 6.34. The monoisotopic (exact) mass is 303 g/mol. The van der Waals surface area contributed by atoms with E-state index in [9.17, 15) is 9.59 Å². The number of hydrogen-bond acceptors (Lipinski definition) is 4. The van der Waals surface area contributed by atoms with Crippen LogP contribution in [0.1, 0.15) is 39.2 Å². The summed E-state index contributed by atoms with van der Waals surface area (Å²) in [5.74, 6) is -0.883. The van der Waals surface area contributed by atoms with E-state index in [0.717, 1.165) is 5.56 Å². The van der Waals surface area contributed by atoms with Crippen LogP contribution in [0.5, 0.6) is 5.75 Å². The van der Waals surface area contributed by atoms with Crippen LogP contribution in [-0.4, -0.2) is 24.1 Å². The molecule has 1 aromatic heterocycles. The van der Waals surface area contributed by atoms with Crippen LogP contribution >= 0.6 is 0 Å². The van der Waals surface area contributed by atoms with E-state index in [2.05, 4.69) is 5.32 Å². The number of ether oxygens (including phenoxy) is 1. The average molecular weight is 303 g/mol. The van der Waals surface area contributed by atoms with Crippen molar-refractivity contribution in [3.63, 3.8) is 0 Å². The molecule has 0 atom stereocenters. The van der Waals surface area contributed by atoms with Crippen molar-refractivity contribution >= 4 is 17.6 Å². The molecule has 2 N–H and O–H groups in total. The van der Waals surface area contributed by atoms with Crippen LogP contribution in [-0.2, 0) is 6.42 Å². The molecular formula is C16H17NO5. The van der Waals surface area contributed by atoms with E-state index in [1.54, 1.807) is 13.0 Å². The topological polar surface area (TPSA) is 88.8 Å². The quantitative estimate of drug-likeness (QED) is 0.886. The third kappa shape index (κ3) is 2.95. The summed E-state index contributed by atoms with van der Waals surface area (Å²) in [7, 11) is 1.51. The molecule has 0 aliphatic heterocycles. The summed E-state index contributed by atoms with van der Waals surface area (Å²) in [5, 5.41) is 11.8. The highest BCUT2D eigenvalue weighted by atomic mass is 16.5. The van der Waals surface area contributed by atoms with Gasteiger partial charge in [0.15, 0.2) is 5.76 Å². The molecule has 0 unspecified atom stereocenters. The molecule has 0 aliphatic carbocycles. The number of furan rings is 1. The highest BCUT2D eigenvalue weighted by Crippen LogP contribution is 2.28. The summed E-state index contributed by atoms with van der Waals surface area (Å²) >= 11 is 0. The molecule has 2 aromatic rings. The highest BCUT2D eigenvalue weighted by molar-refractivity contribution is 6.05. The Labute approximate surface area is 127 Å². The van der Waals surface area contributed by atoms with Gasteiger partial charge in [-0.15, -0.1) is 0 Å². The minimum Gasteiger partial charge on any atom is -0.495 e. The van der Waals surface area contributed by atoms with Gasteiger partial charge in [-0.3, -0.25) is 4.79 Å². The number of methoxy groups -OCH3 is 1. The van der Waals surface area contributed by atoms with Crippen molar-refractivity contribution in [2.24, 2.45) is 0 Å². The van der Waals surface area contributed by atoms with Crippen LogP contribution in [0.2, 0.25) is 0 Å². The lowest BCUT2D eigenvalue weighted by Crippen LogP contribution is -2.13.